The van der Waals surface area contributed by atoms with Crippen LogP contribution >= 0.6 is 0 Å². The van der Waals surface area contributed by atoms with Gasteiger partial charge in [-0.05, 0) is 79.6 Å². The molecule has 4 aromatic rings. The van der Waals surface area contributed by atoms with Gasteiger partial charge in [-0.25, -0.2) is 9.50 Å². The van der Waals surface area contributed by atoms with E-state index in [1.807, 2.05) is 4.52 Å². The topological polar surface area (TPSA) is 77.4 Å². The Bertz CT molecular complexity index is 1410. The predicted octanol–water partition coefficient (Wildman–Crippen LogP) is 5.87. The Kier molecular flexibility index (Phi) is 4.96. The van der Waals surface area contributed by atoms with E-state index in [1.54, 1.807) is 6.33 Å². The Morgan fingerprint density at radius 2 is 2.00 bits per heavy atom. The highest BCUT2D eigenvalue weighted by Gasteiger charge is 2.58. The third kappa shape index (κ3) is 3.57. The van der Waals surface area contributed by atoms with E-state index in [-0.39, 0.29) is 5.54 Å². The molecule has 1 saturated carbocycles. The van der Waals surface area contributed by atoms with Gasteiger partial charge in [0.05, 0.1) is 12.2 Å². The minimum atomic E-state index is -0.160. The lowest BCUT2D eigenvalue weighted by Gasteiger charge is -2.31. The lowest BCUT2D eigenvalue weighted by molar-refractivity contribution is 0.203. The number of pyridine rings is 1. The van der Waals surface area contributed by atoms with Crippen LogP contribution in [-0.4, -0.2) is 49.7 Å². The van der Waals surface area contributed by atoms with Gasteiger partial charge in [0, 0.05) is 35.5 Å². The zero-order valence-corrected chi connectivity index (χ0v) is 20.3. The molecule has 0 atom stereocenters. The van der Waals surface area contributed by atoms with Crippen molar-refractivity contribution in [2.24, 2.45) is 0 Å². The molecule has 3 aromatic heterocycles. The number of nitrogens with one attached hydrogen (secondary N) is 1. The maximum atomic E-state index is 9.32. The molecule has 0 unspecified atom stereocenters. The zero-order valence-electron chi connectivity index (χ0n) is 20.3. The molecule has 174 valence electrons. The Balaban J connectivity index is 1.31. The first-order chi connectivity index (χ1) is 16.5. The Hall–Kier alpha value is -3.24. The molecule has 0 radical (unpaired) electrons. The van der Waals surface area contributed by atoms with Crippen LogP contribution in [0.15, 0.2) is 36.8 Å². The van der Waals surface area contributed by atoms with Gasteiger partial charge < -0.3 is 4.98 Å². The van der Waals surface area contributed by atoms with Gasteiger partial charge in [-0.15, -0.1) is 0 Å². The summed E-state index contributed by atoms with van der Waals surface area (Å²) >= 11 is 0. The van der Waals surface area contributed by atoms with Crippen LogP contribution in [0.4, 0.5) is 0 Å². The van der Waals surface area contributed by atoms with Crippen LogP contribution in [0.3, 0.4) is 0 Å². The minimum absolute atomic E-state index is 0.160. The fourth-order valence-corrected chi connectivity index (χ4v) is 5.82. The van der Waals surface area contributed by atoms with Gasteiger partial charge in [0.15, 0.2) is 5.65 Å². The molecule has 1 aliphatic carbocycles. The maximum Gasteiger partial charge on any atom is 0.335 e. The van der Waals surface area contributed by atoms with Gasteiger partial charge in [-0.2, -0.15) is 5.10 Å². The molecule has 7 heteroatoms. The van der Waals surface area contributed by atoms with Crippen molar-refractivity contribution in [2.75, 3.05) is 19.6 Å². The Labute approximate surface area is 199 Å². The summed E-state index contributed by atoms with van der Waals surface area (Å²) in [6.45, 7) is 9.70. The molecule has 2 fully saturated rings. The molecule has 1 N–H and O–H groups in total. The van der Waals surface area contributed by atoms with Crippen molar-refractivity contribution in [3.63, 3.8) is 0 Å². The fourth-order valence-electron chi connectivity index (χ4n) is 5.82. The summed E-state index contributed by atoms with van der Waals surface area (Å²) in [4.78, 5) is 14.2. The second-order valence-electron chi connectivity index (χ2n) is 10.7. The molecule has 7 nitrogen and oxygen atoms in total. The van der Waals surface area contributed by atoms with Gasteiger partial charge >= 0.3 is 5.54 Å². The SMILES string of the molecule is Cc1cc(-c2[nH]c3ccc(C4CCN(CC5([N+]#N)CC5)CC4)cc3c2C(C)C)cn2ncnc12. The number of fused-ring (bicyclic) bond motifs is 2. The number of rotatable bonds is 5. The van der Waals surface area contributed by atoms with E-state index >= 15 is 0 Å². The van der Waals surface area contributed by atoms with Crippen LogP contribution in [0.25, 0.3) is 32.8 Å². The third-order valence-electron chi connectivity index (χ3n) is 7.90. The van der Waals surface area contributed by atoms with E-state index in [0.29, 0.717) is 11.8 Å². The van der Waals surface area contributed by atoms with Crippen molar-refractivity contribution in [3.05, 3.63) is 58.5 Å². The number of nitrogens with zero attached hydrogens (tertiary/aromatic N) is 6. The number of piperidine rings is 1. The Morgan fingerprint density at radius 3 is 2.71 bits per heavy atom. The summed E-state index contributed by atoms with van der Waals surface area (Å²) in [6.07, 6.45) is 8.05. The summed E-state index contributed by atoms with van der Waals surface area (Å²) in [7, 11) is 0. The van der Waals surface area contributed by atoms with Crippen LogP contribution in [0, 0.1) is 12.3 Å². The molecular formula is C27H32N7+. The number of benzene rings is 1. The van der Waals surface area contributed by atoms with Crippen LogP contribution < -0.4 is 0 Å². The normalized spacial score (nSPS) is 18.7. The first kappa shape index (κ1) is 21.3. The number of aromatic amines is 1. The molecule has 0 spiro atoms. The van der Waals surface area contributed by atoms with E-state index < -0.39 is 0 Å². The number of diazo groups is 1. The van der Waals surface area contributed by atoms with Crippen LogP contribution in [0.1, 0.15) is 68.1 Å². The molecule has 2 aliphatic rings. The fraction of sp³-hybridized carbons (Fsp3) is 0.481. The average molecular weight is 455 g/mol. The molecule has 1 aliphatic heterocycles. The molecule has 4 heterocycles. The smallest absolute Gasteiger partial charge is 0.335 e. The van der Waals surface area contributed by atoms with Crippen LogP contribution in [0.2, 0.25) is 0 Å². The van der Waals surface area contributed by atoms with E-state index in [2.05, 4.69) is 76.2 Å². The van der Waals surface area contributed by atoms with E-state index in [4.69, 9.17) is 0 Å². The summed E-state index contributed by atoms with van der Waals surface area (Å²) < 4.78 is 1.87. The van der Waals surface area contributed by atoms with Gasteiger partial charge in [-0.1, -0.05) is 19.9 Å². The molecule has 34 heavy (non-hydrogen) atoms. The van der Waals surface area contributed by atoms with Crippen LogP contribution in [-0.2, 0) is 0 Å². The molecule has 1 aromatic carbocycles. The number of hydrogen-bond donors (Lipinski definition) is 1. The van der Waals surface area contributed by atoms with E-state index in [9.17, 15) is 5.39 Å². The predicted molar refractivity (Wildman–Crippen MR) is 135 cm³/mol. The van der Waals surface area contributed by atoms with Crippen molar-refractivity contribution in [2.45, 2.75) is 63.8 Å². The highest BCUT2D eigenvalue weighted by Crippen LogP contribution is 2.42. The summed E-state index contributed by atoms with van der Waals surface area (Å²) in [5.41, 5.74) is 8.19. The van der Waals surface area contributed by atoms with Crippen molar-refractivity contribution >= 4 is 16.6 Å². The minimum Gasteiger partial charge on any atom is -0.354 e. The number of hydrogen-bond acceptors (Lipinski definition) is 4. The van der Waals surface area contributed by atoms with Gasteiger partial charge in [-0.3, -0.25) is 4.90 Å². The van der Waals surface area contributed by atoms with Gasteiger partial charge in [0.1, 0.15) is 11.3 Å². The highest BCUT2D eigenvalue weighted by atomic mass is 15.3. The molecule has 1 saturated heterocycles. The summed E-state index contributed by atoms with van der Waals surface area (Å²) in [5, 5.41) is 15.0. The van der Waals surface area contributed by atoms with Crippen molar-refractivity contribution in [1.82, 2.24) is 24.5 Å². The molecular weight excluding hydrogens is 422 g/mol. The lowest BCUT2D eigenvalue weighted by atomic mass is 9.87. The van der Waals surface area contributed by atoms with Gasteiger partial charge in [0.2, 0.25) is 5.39 Å². The van der Waals surface area contributed by atoms with Crippen LogP contribution in [0.5, 0.6) is 0 Å². The largest absolute Gasteiger partial charge is 0.354 e. The molecule has 6 rings (SSSR count). The Morgan fingerprint density at radius 1 is 1.21 bits per heavy atom. The van der Waals surface area contributed by atoms with Crippen molar-refractivity contribution in [1.29, 1.82) is 5.39 Å². The van der Waals surface area contributed by atoms with E-state index in [0.717, 1.165) is 62.1 Å². The molecule has 0 amide bonds. The number of aryl methyl sites for hydroxylation is 1. The highest BCUT2D eigenvalue weighted by molar-refractivity contribution is 5.92. The van der Waals surface area contributed by atoms with Crippen molar-refractivity contribution < 1.29 is 0 Å². The zero-order chi connectivity index (χ0) is 23.4. The standard InChI is InChI=1S/C27H32N7/c1-17(2)24-22-13-20(19-6-10-33(11-7-19)15-27(32-28)8-9-27)4-5-23(22)31-25(24)21-12-18(3)26-29-16-30-34(26)14-21/h4-5,12-14,16-17,19,31H,6-11,15H2,1-3H3/q+1. The number of likely N-dealkylation sites (tertiary alicyclic amines) is 1. The lowest BCUT2D eigenvalue weighted by Crippen LogP contribution is -2.38. The van der Waals surface area contributed by atoms with Gasteiger partial charge in [0.25, 0.3) is 0 Å². The average Bonchev–Trinajstić information content (AvgIpc) is 3.26. The summed E-state index contributed by atoms with van der Waals surface area (Å²) in [5.74, 6) is 0.971. The second kappa shape index (κ2) is 7.92. The first-order valence-electron chi connectivity index (χ1n) is 12.5. The monoisotopic (exact) mass is 454 g/mol. The number of aromatic nitrogens is 4. The quantitative estimate of drug-likeness (QED) is 0.382. The first-order valence-corrected chi connectivity index (χ1v) is 12.5. The maximum absolute atomic E-state index is 9.32. The number of H-pyrrole nitrogens is 1. The second-order valence-corrected chi connectivity index (χ2v) is 10.7. The third-order valence-corrected chi connectivity index (χ3v) is 7.90. The summed E-state index contributed by atoms with van der Waals surface area (Å²) in [6, 6.07) is 9.21. The van der Waals surface area contributed by atoms with E-state index in [1.165, 1.54) is 27.7 Å². The molecule has 0 bridgehead atoms. The van der Waals surface area contributed by atoms with Crippen molar-refractivity contribution in [3.8, 4) is 11.3 Å².